The normalized spacial score (nSPS) is 16.5. The first-order chi connectivity index (χ1) is 13.8. The number of carbonyl (C=O) groups is 2. The molecule has 1 aliphatic rings. The Morgan fingerprint density at radius 3 is 2.41 bits per heavy atom. The summed E-state index contributed by atoms with van der Waals surface area (Å²) in [6, 6.07) is 7.72. The Morgan fingerprint density at radius 2 is 1.76 bits per heavy atom. The number of hydrogen-bond acceptors (Lipinski definition) is 3. The van der Waals surface area contributed by atoms with Gasteiger partial charge in [-0.15, -0.1) is 0 Å². The Morgan fingerprint density at radius 1 is 1.10 bits per heavy atom. The second kappa shape index (κ2) is 8.97. The number of para-hydroxylation sites is 2. The Balaban J connectivity index is 1.79. The molecule has 1 unspecified atom stereocenters. The Kier molecular flexibility index (Phi) is 6.60. The SMILES string of the molecule is CC(NC(=O)C(C)(C)C)c1nc2ccccc2n1CCC(=O)N1CCCCCC1. The van der Waals surface area contributed by atoms with Crippen molar-refractivity contribution in [2.24, 2.45) is 5.41 Å². The average molecular weight is 399 g/mol. The molecule has 2 amide bonds. The number of imidazole rings is 1. The van der Waals surface area contributed by atoms with Crippen LogP contribution in [0.1, 0.15) is 71.7 Å². The Bertz CT molecular complexity index is 857. The molecule has 6 nitrogen and oxygen atoms in total. The first-order valence-corrected chi connectivity index (χ1v) is 10.8. The van der Waals surface area contributed by atoms with Crippen molar-refractivity contribution < 1.29 is 9.59 Å². The van der Waals surface area contributed by atoms with E-state index in [9.17, 15) is 9.59 Å². The van der Waals surface area contributed by atoms with Crippen LogP contribution in [-0.2, 0) is 16.1 Å². The van der Waals surface area contributed by atoms with Crippen molar-refractivity contribution in [3.63, 3.8) is 0 Å². The van der Waals surface area contributed by atoms with Crippen molar-refractivity contribution in [3.8, 4) is 0 Å². The molecule has 158 valence electrons. The van der Waals surface area contributed by atoms with Crippen molar-refractivity contribution in [1.29, 1.82) is 0 Å². The van der Waals surface area contributed by atoms with Gasteiger partial charge in [0.05, 0.1) is 17.1 Å². The average Bonchev–Trinajstić information content (AvgIpc) is 2.84. The topological polar surface area (TPSA) is 67.2 Å². The second-order valence-corrected chi connectivity index (χ2v) is 9.10. The maximum atomic E-state index is 12.8. The minimum atomic E-state index is -0.464. The van der Waals surface area contributed by atoms with E-state index in [-0.39, 0.29) is 17.9 Å². The summed E-state index contributed by atoms with van der Waals surface area (Å²) in [5.74, 6) is 0.999. The third-order valence-electron chi connectivity index (χ3n) is 5.61. The summed E-state index contributed by atoms with van der Waals surface area (Å²) < 4.78 is 2.10. The summed E-state index contributed by atoms with van der Waals surface area (Å²) in [7, 11) is 0. The van der Waals surface area contributed by atoms with Gasteiger partial charge >= 0.3 is 0 Å². The quantitative estimate of drug-likeness (QED) is 0.826. The van der Waals surface area contributed by atoms with Gasteiger partial charge in [-0.05, 0) is 31.9 Å². The zero-order valence-electron chi connectivity index (χ0n) is 18.2. The summed E-state index contributed by atoms with van der Waals surface area (Å²) in [6.07, 6.45) is 5.07. The highest BCUT2D eigenvalue weighted by Gasteiger charge is 2.26. The molecule has 0 radical (unpaired) electrons. The van der Waals surface area contributed by atoms with Crippen molar-refractivity contribution in [1.82, 2.24) is 19.8 Å². The van der Waals surface area contributed by atoms with Crippen LogP contribution < -0.4 is 5.32 Å². The molecule has 1 atom stereocenters. The van der Waals surface area contributed by atoms with E-state index < -0.39 is 5.41 Å². The fourth-order valence-electron chi connectivity index (χ4n) is 3.82. The summed E-state index contributed by atoms with van der Waals surface area (Å²) >= 11 is 0. The van der Waals surface area contributed by atoms with E-state index >= 15 is 0 Å². The molecular formula is C23H34N4O2. The van der Waals surface area contributed by atoms with E-state index in [2.05, 4.69) is 9.88 Å². The van der Waals surface area contributed by atoms with Crippen LogP contribution in [0.25, 0.3) is 11.0 Å². The van der Waals surface area contributed by atoms with Gasteiger partial charge in [0.25, 0.3) is 0 Å². The number of carbonyl (C=O) groups excluding carboxylic acids is 2. The molecule has 0 spiro atoms. The van der Waals surface area contributed by atoms with E-state index in [1.54, 1.807) is 0 Å². The lowest BCUT2D eigenvalue weighted by molar-refractivity contribution is -0.131. The maximum Gasteiger partial charge on any atom is 0.225 e. The summed E-state index contributed by atoms with van der Waals surface area (Å²) in [4.78, 5) is 32.1. The van der Waals surface area contributed by atoms with Crippen molar-refractivity contribution in [2.75, 3.05) is 13.1 Å². The zero-order valence-corrected chi connectivity index (χ0v) is 18.2. The van der Waals surface area contributed by atoms with Crippen LogP contribution in [0.2, 0.25) is 0 Å². The van der Waals surface area contributed by atoms with Gasteiger partial charge in [0.15, 0.2) is 0 Å². The number of benzene rings is 1. The zero-order chi connectivity index (χ0) is 21.0. The van der Waals surface area contributed by atoms with E-state index in [1.807, 2.05) is 56.9 Å². The first-order valence-electron chi connectivity index (χ1n) is 10.8. The van der Waals surface area contributed by atoms with E-state index in [0.29, 0.717) is 13.0 Å². The number of likely N-dealkylation sites (tertiary alicyclic amines) is 1. The van der Waals surface area contributed by atoms with Gasteiger partial charge in [-0.2, -0.15) is 0 Å². The van der Waals surface area contributed by atoms with Crippen molar-refractivity contribution in [3.05, 3.63) is 30.1 Å². The molecule has 0 saturated carbocycles. The summed E-state index contributed by atoms with van der Waals surface area (Å²) in [5.41, 5.74) is 1.43. The molecule has 1 aliphatic heterocycles. The molecule has 0 aliphatic carbocycles. The number of nitrogens with zero attached hydrogens (tertiary/aromatic N) is 3. The molecule has 29 heavy (non-hydrogen) atoms. The fraction of sp³-hybridized carbons (Fsp3) is 0.609. The van der Waals surface area contributed by atoms with E-state index in [1.165, 1.54) is 12.8 Å². The number of aromatic nitrogens is 2. The highest BCUT2D eigenvalue weighted by molar-refractivity contribution is 5.82. The molecule has 1 aromatic heterocycles. The largest absolute Gasteiger partial charge is 0.346 e. The lowest BCUT2D eigenvalue weighted by Gasteiger charge is -2.23. The predicted octanol–water partition coefficient (Wildman–Crippen LogP) is 4.05. The maximum absolute atomic E-state index is 12.8. The number of amides is 2. The van der Waals surface area contributed by atoms with Crippen LogP contribution in [0, 0.1) is 5.41 Å². The van der Waals surface area contributed by atoms with Gasteiger partial charge in [-0.3, -0.25) is 9.59 Å². The molecule has 1 aromatic carbocycles. The number of hydrogen-bond donors (Lipinski definition) is 1. The number of fused-ring (bicyclic) bond motifs is 1. The van der Waals surface area contributed by atoms with E-state index in [4.69, 9.17) is 4.98 Å². The van der Waals surface area contributed by atoms with Crippen LogP contribution in [-0.4, -0.2) is 39.4 Å². The molecule has 0 bridgehead atoms. The monoisotopic (exact) mass is 398 g/mol. The molecule has 2 heterocycles. The predicted molar refractivity (Wildman–Crippen MR) is 115 cm³/mol. The van der Waals surface area contributed by atoms with E-state index in [0.717, 1.165) is 42.8 Å². The standard InChI is InChI=1S/C23H34N4O2/c1-17(24-22(29)23(2,3)4)21-25-18-11-7-8-12-19(18)27(21)16-13-20(28)26-14-9-5-6-10-15-26/h7-8,11-12,17H,5-6,9-10,13-16H2,1-4H3,(H,24,29). The molecule has 2 aromatic rings. The third kappa shape index (κ3) is 5.17. The van der Waals surface area contributed by atoms with Gasteiger partial charge in [0.1, 0.15) is 5.82 Å². The third-order valence-corrected chi connectivity index (χ3v) is 5.61. The van der Waals surface area contributed by atoms with Crippen molar-refractivity contribution >= 4 is 22.8 Å². The lowest BCUT2D eigenvalue weighted by atomic mass is 9.95. The van der Waals surface area contributed by atoms with Crippen LogP contribution in [0.3, 0.4) is 0 Å². The van der Waals surface area contributed by atoms with Gasteiger partial charge in [0, 0.05) is 31.5 Å². The van der Waals surface area contributed by atoms with Gasteiger partial charge < -0.3 is 14.8 Å². The van der Waals surface area contributed by atoms with Crippen molar-refractivity contribution in [2.45, 2.75) is 72.4 Å². The smallest absolute Gasteiger partial charge is 0.225 e. The van der Waals surface area contributed by atoms with Crippen LogP contribution in [0.4, 0.5) is 0 Å². The Hall–Kier alpha value is -2.37. The number of nitrogens with one attached hydrogen (secondary N) is 1. The van der Waals surface area contributed by atoms with Gasteiger partial charge in [-0.1, -0.05) is 45.7 Å². The molecular weight excluding hydrogens is 364 g/mol. The summed E-state index contributed by atoms with van der Waals surface area (Å²) in [6.45, 7) is 9.97. The minimum Gasteiger partial charge on any atom is -0.346 e. The first kappa shape index (κ1) is 21.3. The van der Waals surface area contributed by atoms with Crippen LogP contribution >= 0.6 is 0 Å². The van der Waals surface area contributed by atoms with Crippen LogP contribution in [0.15, 0.2) is 24.3 Å². The molecule has 3 rings (SSSR count). The molecule has 1 fully saturated rings. The minimum absolute atomic E-state index is 0.00995. The van der Waals surface area contributed by atoms with Crippen LogP contribution in [0.5, 0.6) is 0 Å². The number of aryl methyl sites for hydroxylation is 1. The van der Waals surface area contributed by atoms with Gasteiger partial charge in [-0.25, -0.2) is 4.98 Å². The Labute approximate surface area is 173 Å². The fourth-order valence-corrected chi connectivity index (χ4v) is 3.82. The lowest BCUT2D eigenvalue weighted by Crippen LogP contribution is -2.37. The molecule has 1 saturated heterocycles. The molecule has 1 N–H and O–H groups in total. The second-order valence-electron chi connectivity index (χ2n) is 9.10. The number of rotatable bonds is 5. The highest BCUT2D eigenvalue weighted by atomic mass is 16.2. The summed E-state index contributed by atoms with van der Waals surface area (Å²) in [5, 5.41) is 3.08. The van der Waals surface area contributed by atoms with Gasteiger partial charge in [0.2, 0.25) is 11.8 Å². The highest BCUT2D eigenvalue weighted by Crippen LogP contribution is 2.23. The molecule has 6 heteroatoms.